The molecule has 1 saturated heterocycles. The van der Waals surface area contributed by atoms with Gasteiger partial charge in [0.1, 0.15) is 10.7 Å². The summed E-state index contributed by atoms with van der Waals surface area (Å²) in [6, 6.07) is 8.40. The second kappa shape index (κ2) is 8.20. The number of carbonyl (C=O) groups is 2. The molecule has 7 nitrogen and oxygen atoms in total. The van der Waals surface area contributed by atoms with E-state index < -0.39 is 5.97 Å². The van der Waals surface area contributed by atoms with Gasteiger partial charge < -0.3 is 14.6 Å². The summed E-state index contributed by atoms with van der Waals surface area (Å²) >= 11 is 1.73. The minimum atomic E-state index is -0.422. The van der Waals surface area contributed by atoms with Crippen LogP contribution in [0.2, 0.25) is 0 Å². The standard InChI is InChI=1S/C22H26N4O3S/c1-13-18(22(28)29-4)14(2)23-19(13)21(27)26-11-9-25(10-12-26)15(3)20-24-16-7-5-6-8-17(16)30-20/h5-8,15,23H,9-12H2,1-4H3. The van der Waals surface area contributed by atoms with E-state index in [-0.39, 0.29) is 11.9 Å². The van der Waals surface area contributed by atoms with Gasteiger partial charge in [-0.25, -0.2) is 9.78 Å². The molecule has 8 heteroatoms. The van der Waals surface area contributed by atoms with Crippen LogP contribution in [-0.2, 0) is 4.74 Å². The van der Waals surface area contributed by atoms with E-state index >= 15 is 0 Å². The Hall–Kier alpha value is -2.71. The van der Waals surface area contributed by atoms with Crippen LogP contribution in [0.15, 0.2) is 24.3 Å². The lowest BCUT2D eigenvalue weighted by Gasteiger charge is -2.37. The van der Waals surface area contributed by atoms with Crippen molar-refractivity contribution in [2.24, 2.45) is 0 Å². The van der Waals surface area contributed by atoms with Crippen LogP contribution in [0.3, 0.4) is 0 Å². The molecule has 1 aromatic carbocycles. The number of thiazole rings is 1. The SMILES string of the molecule is COC(=O)c1c(C)[nH]c(C(=O)N2CCN(C(C)c3nc4ccccc4s3)CC2)c1C. The molecule has 4 rings (SSSR count). The Morgan fingerprint density at radius 2 is 1.87 bits per heavy atom. The number of H-pyrrole nitrogens is 1. The number of ether oxygens (including phenoxy) is 1. The maximum atomic E-state index is 13.1. The number of hydrogen-bond donors (Lipinski definition) is 1. The Balaban J connectivity index is 1.44. The number of esters is 1. The highest BCUT2D eigenvalue weighted by Crippen LogP contribution is 2.30. The van der Waals surface area contributed by atoms with E-state index in [4.69, 9.17) is 9.72 Å². The molecule has 3 aromatic rings. The van der Waals surface area contributed by atoms with Crippen LogP contribution >= 0.6 is 11.3 Å². The molecule has 30 heavy (non-hydrogen) atoms. The van der Waals surface area contributed by atoms with E-state index in [0.29, 0.717) is 35.6 Å². The lowest BCUT2D eigenvalue weighted by Crippen LogP contribution is -2.49. The Labute approximate surface area is 179 Å². The van der Waals surface area contributed by atoms with Gasteiger partial charge in [0.05, 0.1) is 28.9 Å². The monoisotopic (exact) mass is 426 g/mol. The molecule has 0 saturated carbocycles. The maximum Gasteiger partial charge on any atom is 0.339 e. The molecule has 1 fully saturated rings. The summed E-state index contributed by atoms with van der Waals surface area (Å²) in [7, 11) is 1.35. The van der Waals surface area contributed by atoms with E-state index in [1.807, 2.05) is 23.1 Å². The summed E-state index contributed by atoms with van der Waals surface area (Å²) in [5, 5.41) is 1.11. The minimum absolute atomic E-state index is 0.0713. The zero-order valence-electron chi connectivity index (χ0n) is 17.7. The number of amides is 1. The minimum Gasteiger partial charge on any atom is -0.465 e. The van der Waals surface area contributed by atoms with Crippen LogP contribution < -0.4 is 0 Å². The fraction of sp³-hybridized carbons (Fsp3) is 0.409. The number of benzene rings is 1. The zero-order valence-corrected chi connectivity index (χ0v) is 18.5. The highest BCUT2D eigenvalue weighted by atomic mass is 32.1. The number of rotatable bonds is 4. The second-order valence-electron chi connectivity index (χ2n) is 7.64. The van der Waals surface area contributed by atoms with E-state index in [9.17, 15) is 9.59 Å². The van der Waals surface area contributed by atoms with Gasteiger partial charge in [0.25, 0.3) is 5.91 Å². The third-order valence-electron chi connectivity index (χ3n) is 5.86. The number of methoxy groups -OCH3 is 1. The lowest BCUT2D eigenvalue weighted by molar-refractivity contribution is 0.0576. The topological polar surface area (TPSA) is 78.5 Å². The summed E-state index contributed by atoms with van der Waals surface area (Å²) in [5.74, 6) is -0.493. The fourth-order valence-electron chi connectivity index (χ4n) is 4.07. The predicted molar refractivity (Wildman–Crippen MR) is 117 cm³/mol. The third-order valence-corrected chi connectivity index (χ3v) is 7.06. The number of nitrogens with one attached hydrogen (secondary N) is 1. The van der Waals surface area contributed by atoms with E-state index in [1.165, 1.54) is 11.8 Å². The molecular weight excluding hydrogens is 400 g/mol. The molecule has 3 heterocycles. The van der Waals surface area contributed by atoms with Crippen LogP contribution in [0.1, 0.15) is 50.1 Å². The molecule has 1 unspecified atom stereocenters. The molecular formula is C22H26N4O3S. The van der Waals surface area contributed by atoms with Gasteiger partial charge in [-0.3, -0.25) is 9.69 Å². The van der Waals surface area contributed by atoms with Crippen LogP contribution in [-0.4, -0.2) is 64.9 Å². The van der Waals surface area contributed by atoms with E-state index in [0.717, 1.165) is 23.6 Å². The van der Waals surface area contributed by atoms with Gasteiger partial charge >= 0.3 is 5.97 Å². The maximum absolute atomic E-state index is 13.1. The van der Waals surface area contributed by atoms with Gasteiger partial charge in [0.2, 0.25) is 0 Å². The van der Waals surface area contributed by atoms with Crippen LogP contribution in [0.5, 0.6) is 0 Å². The van der Waals surface area contributed by atoms with Gasteiger partial charge in [-0.05, 0) is 38.5 Å². The zero-order chi connectivity index (χ0) is 21.4. The highest BCUT2D eigenvalue weighted by Gasteiger charge is 2.30. The number of aromatic nitrogens is 2. The molecule has 0 bridgehead atoms. The number of nitrogens with zero attached hydrogens (tertiary/aromatic N) is 3. The quantitative estimate of drug-likeness (QED) is 0.646. The average molecular weight is 427 g/mol. The number of piperazine rings is 1. The highest BCUT2D eigenvalue weighted by molar-refractivity contribution is 7.18. The summed E-state index contributed by atoms with van der Waals surface area (Å²) in [6.07, 6.45) is 0. The van der Waals surface area contributed by atoms with Crippen LogP contribution in [0, 0.1) is 13.8 Å². The van der Waals surface area contributed by atoms with Crippen LogP contribution in [0.25, 0.3) is 10.2 Å². The Morgan fingerprint density at radius 3 is 2.53 bits per heavy atom. The number of fused-ring (bicyclic) bond motifs is 1. The van der Waals surface area contributed by atoms with Crippen molar-refractivity contribution in [1.29, 1.82) is 0 Å². The van der Waals surface area contributed by atoms with Crippen molar-refractivity contribution in [3.63, 3.8) is 0 Å². The molecule has 0 aliphatic carbocycles. The molecule has 1 N–H and O–H groups in total. The summed E-state index contributed by atoms with van der Waals surface area (Å²) in [4.78, 5) is 37.2. The Morgan fingerprint density at radius 1 is 1.17 bits per heavy atom. The average Bonchev–Trinajstić information content (AvgIpc) is 3.33. The fourth-order valence-corrected chi connectivity index (χ4v) is 5.12. The third kappa shape index (κ3) is 3.61. The van der Waals surface area contributed by atoms with Crippen LogP contribution in [0.4, 0.5) is 0 Å². The first-order valence-electron chi connectivity index (χ1n) is 10.1. The Bertz CT molecular complexity index is 1060. The predicted octanol–water partition coefficient (Wildman–Crippen LogP) is 3.55. The largest absolute Gasteiger partial charge is 0.465 e. The number of aryl methyl sites for hydroxylation is 1. The van der Waals surface area contributed by atoms with Gasteiger partial charge in [-0.15, -0.1) is 11.3 Å². The van der Waals surface area contributed by atoms with Crippen molar-refractivity contribution in [1.82, 2.24) is 19.8 Å². The molecule has 2 aromatic heterocycles. The van der Waals surface area contributed by atoms with Crippen molar-refractivity contribution in [3.8, 4) is 0 Å². The number of para-hydroxylation sites is 1. The van der Waals surface area contributed by atoms with Crippen molar-refractivity contribution in [2.45, 2.75) is 26.8 Å². The second-order valence-corrected chi connectivity index (χ2v) is 8.70. The Kier molecular flexibility index (Phi) is 5.62. The molecule has 0 radical (unpaired) electrons. The lowest BCUT2D eigenvalue weighted by atomic mass is 10.1. The van der Waals surface area contributed by atoms with Crippen molar-refractivity contribution in [2.75, 3.05) is 33.3 Å². The molecule has 1 amide bonds. The van der Waals surface area contributed by atoms with Crippen molar-refractivity contribution in [3.05, 3.63) is 51.8 Å². The molecule has 158 valence electrons. The summed E-state index contributed by atoms with van der Waals surface area (Å²) in [5.41, 5.74) is 3.27. The number of carbonyl (C=O) groups excluding carboxylic acids is 2. The van der Waals surface area contributed by atoms with Crippen molar-refractivity contribution < 1.29 is 14.3 Å². The molecule has 0 spiro atoms. The first-order chi connectivity index (χ1) is 14.4. The molecule has 1 aliphatic heterocycles. The van der Waals surface area contributed by atoms with E-state index in [1.54, 1.807) is 25.2 Å². The molecule has 1 atom stereocenters. The number of hydrogen-bond acceptors (Lipinski definition) is 6. The van der Waals surface area contributed by atoms with Gasteiger partial charge in [0.15, 0.2) is 0 Å². The van der Waals surface area contributed by atoms with Gasteiger partial charge in [0, 0.05) is 31.9 Å². The van der Waals surface area contributed by atoms with Crippen molar-refractivity contribution >= 4 is 33.4 Å². The van der Waals surface area contributed by atoms with E-state index in [2.05, 4.69) is 22.9 Å². The summed E-state index contributed by atoms with van der Waals surface area (Å²) < 4.78 is 6.05. The molecule has 1 aliphatic rings. The number of aromatic amines is 1. The smallest absolute Gasteiger partial charge is 0.339 e. The summed E-state index contributed by atoms with van der Waals surface area (Å²) in [6.45, 7) is 8.59. The van der Waals surface area contributed by atoms with Gasteiger partial charge in [-0.2, -0.15) is 0 Å². The first kappa shape index (κ1) is 20.6. The van der Waals surface area contributed by atoms with Gasteiger partial charge in [-0.1, -0.05) is 12.1 Å². The normalized spacial score (nSPS) is 16.1. The first-order valence-corrected chi connectivity index (χ1v) is 10.9.